The number of carbonyl (C=O) groups excluding carboxylic acids is 1. The lowest BCUT2D eigenvalue weighted by molar-refractivity contribution is 0.0984. The number of hydrogen-bond donors (Lipinski definition) is 0. The Balaban J connectivity index is 1.63. The minimum Gasteiger partial charge on any atom is -0.407 e. The Hall–Kier alpha value is -3.61. The molecule has 0 radical (unpaired) electrons. The van der Waals surface area contributed by atoms with E-state index in [9.17, 15) is 18.4 Å². The van der Waals surface area contributed by atoms with Gasteiger partial charge in [-0.15, -0.1) is 0 Å². The summed E-state index contributed by atoms with van der Waals surface area (Å²) in [4.78, 5) is 28.3. The lowest BCUT2D eigenvalue weighted by atomic mass is 10.00. The fourth-order valence-corrected chi connectivity index (χ4v) is 3.34. The highest BCUT2D eigenvalue weighted by atomic mass is 19.1. The molecule has 2 heterocycles. The predicted octanol–water partition coefficient (Wildman–Crippen LogP) is 4.21. The number of oxazole rings is 1. The van der Waals surface area contributed by atoms with Gasteiger partial charge in [0.1, 0.15) is 11.6 Å². The number of pyridine rings is 1. The Morgan fingerprint density at radius 1 is 1.10 bits per heavy atom. The van der Waals surface area contributed by atoms with E-state index in [1.54, 1.807) is 31.4 Å². The fraction of sp³-hybridized carbons (Fsp3) is 0.136. The molecule has 2 aromatic carbocycles. The molecule has 0 bridgehead atoms. The molecule has 0 saturated carbocycles. The quantitative estimate of drug-likeness (QED) is 0.487. The van der Waals surface area contributed by atoms with Crippen molar-refractivity contribution < 1.29 is 18.0 Å². The minimum absolute atomic E-state index is 0.219. The van der Waals surface area contributed by atoms with Crippen LogP contribution >= 0.6 is 0 Å². The summed E-state index contributed by atoms with van der Waals surface area (Å²) < 4.78 is 34.3. The van der Waals surface area contributed by atoms with Crippen LogP contribution < -0.4 is 5.76 Å². The summed E-state index contributed by atoms with van der Waals surface area (Å²) >= 11 is 0. The highest BCUT2D eigenvalue weighted by molar-refractivity contribution is 5.97. The zero-order valence-electron chi connectivity index (χ0n) is 15.7. The van der Waals surface area contributed by atoms with Crippen LogP contribution in [0, 0.1) is 18.6 Å². The van der Waals surface area contributed by atoms with Crippen LogP contribution in [0.1, 0.15) is 21.6 Å². The second-order valence-electron chi connectivity index (χ2n) is 6.75. The molecule has 2 aromatic heterocycles. The third-order valence-electron chi connectivity index (χ3n) is 4.93. The van der Waals surface area contributed by atoms with E-state index >= 15 is 0 Å². The van der Waals surface area contributed by atoms with Gasteiger partial charge in [-0.2, -0.15) is 0 Å². The second kappa shape index (κ2) is 7.09. The van der Waals surface area contributed by atoms with Gasteiger partial charge < -0.3 is 4.42 Å². The summed E-state index contributed by atoms with van der Waals surface area (Å²) in [5.74, 6) is -2.89. The predicted molar refractivity (Wildman–Crippen MR) is 104 cm³/mol. The maximum Gasteiger partial charge on any atom is 0.419 e. The van der Waals surface area contributed by atoms with Crippen LogP contribution in [0.2, 0.25) is 0 Å². The van der Waals surface area contributed by atoms with Crippen LogP contribution in [-0.4, -0.2) is 15.3 Å². The molecule has 0 saturated heterocycles. The van der Waals surface area contributed by atoms with Crippen LogP contribution in [0.5, 0.6) is 0 Å². The molecule has 4 aromatic rings. The van der Waals surface area contributed by atoms with E-state index in [4.69, 9.17) is 4.42 Å². The molecule has 0 fully saturated rings. The van der Waals surface area contributed by atoms with Gasteiger partial charge in [0.15, 0.2) is 11.4 Å². The fourth-order valence-electron chi connectivity index (χ4n) is 3.34. The number of rotatable bonds is 4. The molecule has 29 heavy (non-hydrogen) atoms. The highest BCUT2D eigenvalue weighted by Crippen LogP contribution is 2.29. The number of ketones is 1. The first kappa shape index (κ1) is 18.7. The zero-order chi connectivity index (χ0) is 20.7. The average molecular weight is 394 g/mol. The Morgan fingerprint density at radius 2 is 1.83 bits per heavy atom. The molecule has 0 aliphatic rings. The normalized spacial score (nSPS) is 11.2. The highest BCUT2D eigenvalue weighted by Gasteiger charge is 2.18. The van der Waals surface area contributed by atoms with E-state index in [0.717, 1.165) is 28.8 Å². The first-order chi connectivity index (χ1) is 13.9. The summed E-state index contributed by atoms with van der Waals surface area (Å²) in [5.41, 5.74) is 3.42. The van der Waals surface area contributed by atoms with E-state index in [1.807, 2.05) is 13.0 Å². The zero-order valence-corrected chi connectivity index (χ0v) is 15.7. The summed E-state index contributed by atoms with van der Waals surface area (Å²) in [6.45, 7) is 1.85. The van der Waals surface area contributed by atoms with Crippen molar-refractivity contribution in [2.75, 3.05) is 0 Å². The lowest BCUT2D eigenvalue weighted by Crippen LogP contribution is -2.10. The summed E-state index contributed by atoms with van der Waals surface area (Å²) in [6, 6.07) is 10.4. The number of carbonyl (C=O) groups is 1. The topological polar surface area (TPSA) is 65.1 Å². The molecule has 7 heteroatoms. The number of nitrogens with zero attached hydrogens (tertiary/aromatic N) is 2. The lowest BCUT2D eigenvalue weighted by Gasteiger charge is -2.08. The van der Waals surface area contributed by atoms with Crippen molar-refractivity contribution in [2.45, 2.75) is 13.3 Å². The molecule has 0 spiro atoms. The molecule has 0 unspecified atom stereocenters. The smallest absolute Gasteiger partial charge is 0.407 e. The molecule has 0 aliphatic carbocycles. The van der Waals surface area contributed by atoms with E-state index < -0.39 is 28.7 Å². The van der Waals surface area contributed by atoms with Crippen LogP contribution in [-0.2, 0) is 13.5 Å². The first-order valence-corrected chi connectivity index (χ1v) is 8.88. The molecular weight excluding hydrogens is 378 g/mol. The van der Waals surface area contributed by atoms with Gasteiger partial charge in [-0.1, -0.05) is 18.2 Å². The molecule has 5 nitrogen and oxygen atoms in total. The minimum atomic E-state index is -0.889. The van der Waals surface area contributed by atoms with Gasteiger partial charge in [0, 0.05) is 30.1 Å². The van der Waals surface area contributed by atoms with Crippen molar-refractivity contribution in [1.82, 2.24) is 9.55 Å². The Bertz CT molecular complexity index is 1280. The van der Waals surface area contributed by atoms with Gasteiger partial charge in [-0.25, -0.2) is 13.6 Å². The summed E-state index contributed by atoms with van der Waals surface area (Å²) in [6.07, 6.45) is 1.36. The molecule has 146 valence electrons. The first-order valence-electron chi connectivity index (χ1n) is 8.88. The van der Waals surface area contributed by atoms with E-state index in [-0.39, 0.29) is 6.42 Å². The number of benzene rings is 2. The Morgan fingerprint density at radius 3 is 2.48 bits per heavy atom. The maximum absolute atomic E-state index is 13.8. The van der Waals surface area contributed by atoms with Crippen molar-refractivity contribution in [1.29, 1.82) is 0 Å². The molecule has 0 N–H and O–H groups in total. The standard InChI is InChI=1S/C22H16F2N2O3/c1-12-15(8-9-18-21(12)29-22(28)26(18)2)13-6-7-14(25-11-13)10-19(27)20-16(23)4-3-5-17(20)24/h3-9,11H,10H2,1-2H3. The summed E-state index contributed by atoms with van der Waals surface area (Å²) in [5, 5.41) is 0. The number of aromatic nitrogens is 2. The third-order valence-corrected chi connectivity index (χ3v) is 4.93. The van der Waals surface area contributed by atoms with Crippen molar-refractivity contribution in [3.8, 4) is 11.1 Å². The van der Waals surface area contributed by atoms with Gasteiger partial charge in [0.25, 0.3) is 0 Å². The second-order valence-corrected chi connectivity index (χ2v) is 6.75. The molecule has 0 atom stereocenters. The van der Waals surface area contributed by atoms with Crippen molar-refractivity contribution in [2.24, 2.45) is 7.05 Å². The molecular formula is C22H16F2N2O3. The molecule has 4 rings (SSSR count). The molecule has 0 aliphatic heterocycles. The van der Waals surface area contributed by atoms with Crippen LogP contribution in [0.15, 0.2) is 57.9 Å². The number of halogens is 2. The van der Waals surface area contributed by atoms with Gasteiger partial charge in [-0.3, -0.25) is 14.3 Å². The third kappa shape index (κ3) is 3.24. The number of fused-ring (bicyclic) bond motifs is 1. The number of aryl methyl sites for hydroxylation is 2. The van der Waals surface area contributed by atoms with Gasteiger partial charge >= 0.3 is 5.76 Å². The van der Waals surface area contributed by atoms with E-state index in [2.05, 4.69) is 4.98 Å². The van der Waals surface area contributed by atoms with Crippen LogP contribution in [0.4, 0.5) is 8.78 Å². The van der Waals surface area contributed by atoms with Crippen LogP contribution in [0.25, 0.3) is 22.2 Å². The average Bonchev–Trinajstić information content (AvgIpc) is 2.98. The summed E-state index contributed by atoms with van der Waals surface area (Å²) in [7, 11) is 1.64. The van der Waals surface area contributed by atoms with E-state index in [1.165, 1.54) is 10.6 Å². The SMILES string of the molecule is Cc1c(-c2ccc(CC(=O)c3c(F)cccc3F)nc2)ccc2c1oc(=O)n2C. The van der Waals surface area contributed by atoms with Crippen molar-refractivity contribution in [3.63, 3.8) is 0 Å². The maximum atomic E-state index is 13.8. The number of Topliss-reactive ketones (excluding diaryl/α,β-unsaturated/α-hetero) is 1. The van der Waals surface area contributed by atoms with Crippen LogP contribution in [0.3, 0.4) is 0 Å². The van der Waals surface area contributed by atoms with Crippen molar-refractivity contribution in [3.05, 3.63) is 87.7 Å². The van der Waals surface area contributed by atoms with Crippen molar-refractivity contribution >= 4 is 16.9 Å². The largest absolute Gasteiger partial charge is 0.419 e. The Labute approximate surface area is 164 Å². The van der Waals surface area contributed by atoms with Gasteiger partial charge in [0.2, 0.25) is 0 Å². The number of hydrogen-bond acceptors (Lipinski definition) is 4. The monoisotopic (exact) mass is 394 g/mol. The van der Waals surface area contributed by atoms with Gasteiger partial charge in [-0.05, 0) is 36.8 Å². The molecule has 0 amide bonds. The van der Waals surface area contributed by atoms with E-state index in [0.29, 0.717) is 16.8 Å². The Kier molecular flexibility index (Phi) is 4.58. The van der Waals surface area contributed by atoms with Gasteiger partial charge in [0.05, 0.1) is 17.5 Å².